The zero-order valence-electron chi connectivity index (χ0n) is 5.80. The lowest BCUT2D eigenvalue weighted by Gasteiger charge is -2.11. The van der Waals surface area contributed by atoms with Crippen molar-refractivity contribution >= 4 is 7.82 Å². The van der Waals surface area contributed by atoms with Crippen molar-refractivity contribution in [3.63, 3.8) is 0 Å². The zero-order chi connectivity index (χ0) is 8.32. The van der Waals surface area contributed by atoms with Gasteiger partial charge in [0.15, 0.2) is 0 Å². The Morgan fingerprint density at radius 3 is 2.73 bits per heavy atom. The van der Waals surface area contributed by atoms with E-state index in [0.29, 0.717) is 12.2 Å². The summed E-state index contributed by atoms with van der Waals surface area (Å²) in [5, 5.41) is 0. The van der Waals surface area contributed by atoms with Crippen LogP contribution in [0.1, 0.15) is 12.8 Å². The van der Waals surface area contributed by atoms with Crippen LogP contribution in [0.3, 0.4) is 0 Å². The van der Waals surface area contributed by atoms with Crippen LogP contribution < -0.4 is 0 Å². The Kier molecular flexibility index (Phi) is 2.49. The van der Waals surface area contributed by atoms with E-state index in [2.05, 4.69) is 4.52 Å². The fraction of sp³-hybridized carbons (Fsp3) is 0.333. The molecule has 1 aliphatic carbocycles. The van der Waals surface area contributed by atoms with Crippen LogP contribution in [0.25, 0.3) is 0 Å². The third-order valence-corrected chi connectivity index (χ3v) is 1.68. The van der Waals surface area contributed by atoms with Gasteiger partial charge in [0.1, 0.15) is 5.76 Å². The summed E-state index contributed by atoms with van der Waals surface area (Å²) in [7, 11) is -4.34. The molecule has 4 nitrogen and oxygen atoms in total. The molecule has 0 fully saturated rings. The number of rotatable bonds is 2. The van der Waals surface area contributed by atoms with E-state index >= 15 is 0 Å². The van der Waals surface area contributed by atoms with Crippen LogP contribution in [-0.4, -0.2) is 9.79 Å². The summed E-state index contributed by atoms with van der Waals surface area (Å²) in [4.78, 5) is 16.8. The molecule has 0 heterocycles. The minimum absolute atomic E-state index is 0.348. The van der Waals surface area contributed by atoms with Crippen LogP contribution in [0.2, 0.25) is 0 Å². The first-order valence-corrected chi connectivity index (χ1v) is 4.72. The number of phosphoric acid groups is 1. The zero-order valence-corrected chi connectivity index (χ0v) is 6.70. The third-order valence-electron chi connectivity index (χ3n) is 1.21. The lowest BCUT2D eigenvalue weighted by atomic mass is 10.2. The predicted molar refractivity (Wildman–Crippen MR) is 39.6 cm³/mol. The van der Waals surface area contributed by atoms with E-state index in [1.165, 1.54) is 0 Å². The summed E-state index contributed by atoms with van der Waals surface area (Å²) in [6.07, 6.45) is 6.51. The second kappa shape index (κ2) is 3.22. The van der Waals surface area contributed by atoms with Crippen LogP contribution in [-0.2, 0) is 9.09 Å². The number of hydrogen-bond donors (Lipinski definition) is 2. The van der Waals surface area contributed by atoms with Crippen molar-refractivity contribution in [3.05, 3.63) is 24.0 Å². The molecule has 0 spiro atoms. The largest absolute Gasteiger partial charge is 0.524 e. The van der Waals surface area contributed by atoms with E-state index in [0.717, 1.165) is 6.42 Å². The first-order valence-electron chi connectivity index (χ1n) is 3.19. The van der Waals surface area contributed by atoms with Crippen LogP contribution in [0.15, 0.2) is 24.0 Å². The lowest BCUT2D eigenvalue weighted by molar-refractivity contribution is 0.236. The lowest BCUT2D eigenvalue weighted by Crippen LogP contribution is -1.92. The molecule has 0 radical (unpaired) electrons. The molecular formula is C6H9O4P. The van der Waals surface area contributed by atoms with Gasteiger partial charge in [0, 0.05) is 6.42 Å². The van der Waals surface area contributed by atoms with Gasteiger partial charge in [-0.15, -0.1) is 0 Å². The number of phosphoric ester groups is 1. The molecule has 0 amide bonds. The van der Waals surface area contributed by atoms with Crippen LogP contribution in [0.4, 0.5) is 0 Å². The molecule has 62 valence electrons. The van der Waals surface area contributed by atoms with Crippen molar-refractivity contribution in [2.24, 2.45) is 0 Å². The van der Waals surface area contributed by atoms with Gasteiger partial charge in [0.25, 0.3) is 0 Å². The topological polar surface area (TPSA) is 66.8 Å². The van der Waals surface area contributed by atoms with Gasteiger partial charge in [-0.3, -0.25) is 9.79 Å². The van der Waals surface area contributed by atoms with E-state index < -0.39 is 7.82 Å². The summed E-state index contributed by atoms with van der Waals surface area (Å²) in [6, 6.07) is 0. The van der Waals surface area contributed by atoms with Crippen molar-refractivity contribution < 1.29 is 18.9 Å². The van der Waals surface area contributed by atoms with Crippen LogP contribution in [0.5, 0.6) is 0 Å². The Bertz CT molecular complexity index is 237. The van der Waals surface area contributed by atoms with Crippen molar-refractivity contribution in [3.8, 4) is 0 Å². The van der Waals surface area contributed by atoms with Crippen LogP contribution >= 0.6 is 7.82 Å². The first kappa shape index (κ1) is 8.53. The summed E-state index contributed by atoms with van der Waals surface area (Å²) in [6.45, 7) is 0. The van der Waals surface area contributed by atoms with Gasteiger partial charge in [0.2, 0.25) is 0 Å². The highest BCUT2D eigenvalue weighted by atomic mass is 31.2. The molecule has 11 heavy (non-hydrogen) atoms. The van der Waals surface area contributed by atoms with Gasteiger partial charge in [-0.2, -0.15) is 0 Å². The van der Waals surface area contributed by atoms with Gasteiger partial charge >= 0.3 is 7.82 Å². The average Bonchev–Trinajstić information content (AvgIpc) is 1.85. The Labute approximate surface area is 64.4 Å². The average molecular weight is 176 g/mol. The Morgan fingerprint density at radius 1 is 1.55 bits per heavy atom. The van der Waals surface area contributed by atoms with Crippen LogP contribution in [0, 0.1) is 0 Å². The van der Waals surface area contributed by atoms with E-state index in [-0.39, 0.29) is 0 Å². The summed E-state index contributed by atoms with van der Waals surface area (Å²) < 4.78 is 14.7. The van der Waals surface area contributed by atoms with Crippen molar-refractivity contribution in [2.75, 3.05) is 0 Å². The molecule has 2 N–H and O–H groups in total. The molecule has 0 aromatic heterocycles. The Morgan fingerprint density at radius 2 is 2.27 bits per heavy atom. The molecule has 0 unspecified atom stereocenters. The Balaban J connectivity index is 2.56. The molecule has 1 rings (SSSR count). The molecule has 5 heteroatoms. The summed E-state index contributed by atoms with van der Waals surface area (Å²) >= 11 is 0. The second-order valence-electron chi connectivity index (χ2n) is 2.18. The second-order valence-corrected chi connectivity index (χ2v) is 3.35. The molecule has 0 saturated carbocycles. The molecule has 0 aromatic rings. The van der Waals surface area contributed by atoms with Gasteiger partial charge in [-0.05, 0) is 12.5 Å². The maximum Gasteiger partial charge on any atom is 0.524 e. The first-order chi connectivity index (χ1) is 5.08. The molecule has 0 aromatic carbocycles. The van der Waals surface area contributed by atoms with Gasteiger partial charge in [-0.1, -0.05) is 12.2 Å². The highest BCUT2D eigenvalue weighted by Crippen LogP contribution is 2.40. The number of hydrogen-bond acceptors (Lipinski definition) is 2. The minimum atomic E-state index is -4.34. The van der Waals surface area contributed by atoms with Crippen molar-refractivity contribution in [2.45, 2.75) is 12.8 Å². The summed E-state index contributed by atoms with van der Waals surface area (Å²) in [5.74, 6) is 0.348. The van der Waals surface area contributed by atoms with Gasteiger partial charge in [0.05, 0.1) is 0 Å². The van der Waals surface area contributed by atoms with Gasteiger partial charge < -0.3 is 4.52 Å². The van der Waals surface area contributed by atoms with E-state index in [1.807, 2.05) is 6.08 Å². The fourth-order valence-electron chi connectivity index (χ4n) is 0.809. The normalized spacial score (nSPS) is 17.8. The maximum absolute atomic E-state index is 10.3. The maximum atomic E-state index is 10.3. The highest BCUT2D eigenvalue weighted by Gasteiger charge is 2.17. The van der Waals surface area contributed by atoms with Crippen molar-refractivity contribution in [1.29, 1.82) is 0 Å². The SMILES string of the molecule is O=P(O)(O)OC1=CC=CCC1. The van der Waals surface area contributed by atoms with E-state index in [4.69, 9.17) is 9.79 Å². The molecule has 0 atom stereocenters. The standard InChI is InChI=1S/C6H9O4P/c7-11(8,9)10-6-4-2-1-3-5-6/h1-2,4H,3,5H2,(H2,7,8,9). The van der Waals surface area contributed by atoms with E-state index in [9.17, 15) is 4.57 Å². The highest BCUT2D eigenvalue weighted by molar-refractivity contribution is 7.46. The van der Waals surface area contributed by atoms with Gasteiger partial charge in [-0.25, -0.2) is 4.57 Å². The van der Waals surface area contributed by atoms with E-state index in [1.54, 1.807) is 12.2 Å². The monoisotopic (exact) mass is 176 g/mol. The predicted octanol–water partition coefficient (Wildman–Crippen LogP) is 1.33. The minimum Gasteiger partial charge on any atom is -0.409 e. The molecule has 0 aliphatic heterocycles. The molecule has 0 saturated heterocycles. The van der Waals surface area contributed by atoms with Crippen molar-refractivity contribution in [1.82, 2.24) is 0 Å². The molecule has 1 aliphatic rings. The smallest absolute Gasteiger partial charge is 0.409 e. The molecular weight excluding hydrogens is 167 g/mol. The molecule has 0 bridgehead atoms. The quantitative estimate of drug-likeness (QED) is 0.623. The third kappa shape index (κ3) is 3.37. The number of allylic oxidation sites excluding steroid dienone is 4. The summed E-state index contributed by atoms with van der Waals surface area (Å²) in [5.41, 5.74) is 0. The Hall–Kier alpha value is -0.570. The fourth-order valence-corrected chi connectivity index (χ4v) is 1.27.